The van der Waals surface area contributed by atoms with Gasteiger partial charge in [-0.15, -0.1) is 9.35 Å². The van der Waals surface area contributed by atoms with Crippen LogP contribution in [0.1, 0.15) is 48.1 Å². The molecule has 14 heteroatoms. The third kappa shape index (κ3) is 7.94. The molecule has 4 aromatic rings. The zero-order valence-corrected chi connectivity index (χ0v) is 29.0. The average Bonchev–Trinajstić information content (AvgIpc) is 3.50. The highest BCUT2D eigenvalue weighted by atomic mass is 32.2. The number of nitrogens with one attached hydrogen (secondary N) is 1. The van der Waals surface area contributed by atoms with E-state index in [0.717, 1.165) is 11.8 Å². The van der Waals surface area contributed by atoms with Gasteiger partial charge in [0.15, 0.2) is 5.82 Å². The molecule has 0 unspecified atom stereocenters. The summed E-state index contributed by atoms with van der Waals surface area (Å²) in [5.74, 6) is 1.45. The van der Waals surface area contributed by atoms with E-state index >= 15 is 0 Å². The number of urea groups is 1. The molecule has 0 atom stereocenters. The minimum absolute atomic E-state index is 0.0429. The van der Waals surface area contributed by atoms with Crippen LogP contribution >= 0.6 is 0 Å². The Bertz CT molecular complexity index is 1890. The minimum Gasteiger partial charge on any atom is -0.497 e. The molecule has 3 heterocycles. The Hall–Kier alpha value is -4.95. The monoisotopic (exact) mass is 675 g/mol. The van der Waals surface area contributed by atoms with Gasteiger partial charge in [0.1, 0.15) is 11.6 Å². The number of amides is 3. The van der Waals surface area contributed by atoms with Crippen molar-refractivity contribution in [3.05, 3.63) is 89.2 Å². The molecule has 2 aromatic heterocycles. The molecular weight excluding hydrogens is 634 g/mol. The number of nitrogens with zero attached hydrogens (tertiary/aromatic N) is 6. The van der Waals surface area contributed by atoms with Crippen molar-refractivity contribution in [1.29, 1.82) is 0 Å². The summed E-state index contributed by atoms with van der Waals surface area (Å²) in [5.41, 5.74) is 3.35. The Labute approximate surface area is 281 Å². The van der Waals surface area contributed by atoms with E-state index in [0.29, 0.717) is 71.1 Å². The molecule has 1 N–H and O–H groups in total. The van der Waals surface area contributed by atoms with E-state index in [1.165, 1.54) is 4.68 Å². The first-order valence-corrected chi connectivity index (χ1v) is 17.3. The Kier molecular flexibility index (Phi) is 9.78. The molecule has 1 saturated heterocycles. The molecular formula is C34H41N7O6S. The van der Waals surface area contributed by atoms with Crippen LogP contribution in [0.2, 0.25) is 0 Å². The number of aromatic nitrogens is 3. The van der Waals surface area contributed by atoms with E-state index in [4.69, 9.17) is 19.1 Å². The van der Waals surface area contributed by atoms with Crippen LogP contribution in [-0.2, 0) is 19.8 Å². The first kappa shape index (κ1) is 34.4. The van der Waals surface area contributed by atoms with E-state index in [9.17, 15) is 18.0 Å². The number of hydroxylamine groups is 1. The number of benzene rings is 2. The highest BCUT2D eigenvalue weighted by Crippen LogP contribution is 2.30. The molecule has 3 amide bonds. The van der Waals surface area contributed by atoms with Crippen molar-refractivity contribution in [2.75, 3.05) is 54.8 Å². The van der Waals surface area contributed by atoms with Crippen LogP contribution in [0.3, 0.4) is 0 Å². The second-order valence-electron chi connectivity index (χ2n) is 12.7. The lowest BCUT2D eigenvalue weighted by molar-refractivity contribution is 0.0746. The predicted octanol–water partition coefficient (Wildman–Crippen LogP) is 5.08. The van der Waals surface area contributed by atoms with E-state index < -0.39 is 21.6 Å². The summed E-state index contributed by atoms with van der Waals surface area (Å²) < 4.78 is 36.7. The molecule has 5 rings (SSSR count). The molecule has 0 spiro atoms. The zero-order valence-electron chi connectivity index (χ0n) is 28.2. The highest BCUT2D eigenvalue weighted by Gasteiger charge is 2.31. The summed E-state index contributed by atoms with van der Waals surface area (Å²) in [7, 11) is -2.55. The van der Waals surface area contributed by atoms with Gasteiger partial charge in [-0.1, -0.05) is 38.5 Å². The maximum absolute atomic E-state index is 13.8. The van der Waals surface area contributed by atoms with Crippen LogP contribution in [0.4, 0.5) is 22.1 Å². The number of hydrogen-bond acceptors (Lipinski definition) is 9. The number of piperazine rings is 1. The summed E-state index contributed by atoms with van der Waals surface area (Å²) >= 11 is 0. The maximum Gasteiger partial charge on any atom is 0.353 e. The van der Waals surface area contributed by atoms with Crippen molar-refractivity contribution in [3.8, 4) is 11.4 Å². The number of rotatable bonds is 8. The molecule has 0 saturated carbocycles. The number of pyridine rings is 1. The highest BCUT2D eigenvalue weighted by molar-refractivity contribution is 7.86. The van der Waals surface area contributed by atoms with Crippen molar-refractivity contribution in [1.82, 2.24) is 19.7 Å². The predicted molar refractivity (Wildman–Crippen MR) is 185 cm³/mol. The summed E-state index contributed by atoms with van der Waals surface area (Å²) in [6, 6.07) is 18.8. The lowest BCUT2D eigenvalue weighted by atomic mass is 9.92. The number of hydrogen-bond donors (Lipinski definition) is 1. The summed E-state index contributed by atoms with van der Waals surface area (Å²) in [4.78, 5) is 35.4. The molecule has 13 nitrogen and oxygen atoms in total. The van der Waals surface area contributed by atoms with Crippen molar-refractivity contribution < 1.29 is 27.0 Å². The molecule has 2 aromatic carbocycles. The van der Waals surface area contributed by atoms with Crippen LogP contribution in [0.25, 0.3) is 5.69 Å². The first-order chi connectivity index (χ1) is 22.6. The number of ether oxygens (including phenoxy) is 1. The minimum atomic E-state index is -4.14. The fourth-order valence-electron chi connectivity index (χ4n) is 5.15. The molecule has 48 heavy (non-hydrogen) atoms. The van der Waals surface area contributed by atoms with Gasteiger partial charge in [0.2, 0.25) is 0 Å². The molecule has 0 radical (unpaired) electrons. The fraction of sp³-hybridized carbons (Fsp3) is 0.353. The van der Waals surface area contributed by atoms with Crippen molar-refractivity contribution in [2.24, 2.45) is 0 Å². The lowest BCUT2D eigenvalue weighted by Gasteiger charge is -2.35. The molecule has 1 aliphatic heterocycles. The van der Waals surface area contributed by atoms with Gasteiger partial charge in [0.05, 0.1) is 36.1 Å². The van der Waals surface area contributed by atoms with E-state index in [1.807, 2.05) is 56.9 Å². The van der Waals surface area contributed by atoms with Crippen LogP contribution in [-0.4, -0.2) is 79.6 Å². The number of aryl methyl sites for hydroxylation is 2. The van der Waals surface area contributed by atoms with Crippen molar-refractivity contribution in [2.45, 2.75) is 40.0 Å². The van der Waals surface area contributed by atoms with E-state index in [2.05, 4.69) is 10.2 Å². The van der Waals surface area contributed by atoms with E-state index in [1.54, 1.807) is 56.5 Å². The summed E-state index contributed by atoms with van der Waals surface area (Å²) in [6.07, 6.45) is 0.871. The van der Waals surface area contributed by atoms with E-state index in [-0.39, 0.29) is 11.7 Å². The molecule has 1 fully saturated rings. The first-order valence-electron chi connectivity index (χ1n) is 15.5. The number of carbonyl (C=O) groups excluding carboxylic acids is 2. The molecule has 254 valence electrons. The normalized spacial score (nSPS) is 13.7. The molecule has 1 aliphatic rings. The largest absolute Gasteiger partial charge is 0.497 e. The zero-order chi connectivity index (χ0) is 34.8. The number of carbonyl (C=O) groups is 2. The lowest BCUT2D eigenvalue weighted by Crippen LogP contribution is -2.49. The second-order valence-corrected chi connectivity index (χ2v) is 14.3. The summed E-state index contributed by atoms with van der Waals surface area (Å²) in [5, 5.41) is 8.17. The standard InChI is InChI=1S/C34H41N7O6S/c1-23-8-12-26(13-9-23)40-31(22-29(37-40)34(3,4)5)41(47-48(7,44)45)33(43)36-28-16-17-30(35-24(28)2)38-18-20-39(21-19-38)32(42)25-10-14-27(46-6)15-11-25/h8-17,22H,18-21H2,1-7H3,(H,36,43). The third-order valence-electron chi connectivity index (χ3n) is 7.88. The Morgan fingerprint density at radius 1 is 0.917 bits per heavy atom. The Morgan fingerprint density at radius 2 is 1.56 bits per heavy atom. The number of anilines is 3. The topological polar surface area (TPSA) is 139 Å². The fourth-order valence-corrected chi connectivity index (χ4v) is 5.56. The third-order valence-corrected chi connectivity index (χ3v) is 8.30. The summed E-state index contributed by atoms with van der Waals surface area (Å²) in [6.45, 7) is 11.8. The van der Waals surface area contributed by atoms with Gasteiger partial charge in [0.25, 0.3) is 16.0 Å². The van der Waals surface area contributed by atoms with Gasteiger partial charge in [-0.05, 0) is 62.4 Å². The molecule has 0 bridgehead atoms. The van der Waals surface area contributed by atoms with Crippen LogP contribution in [0.5, 0.6) is 5.75 Å². The Morgan fingerprint density at radius 3 is 2.12 bits per heavy atom. The van der Waals surface area contributed by atoms with Gasteiger partial charge >= 0.3 is 6.03 Å². The maximum atomic E-state index is 13.8. The van der Waals surface area contributed by atoms with Gasteiger partial charge < -0.3 is 19.9 Å². The van der Waals surface area contributed by atoms with Gasteiger partial charge in [-0.3, -0.25) is 4.79 Å². The van der Waals surface area contributed by atoms with Crippen molar-refractivity contribution >= 4 is 39.4 Å². The second kappa shape index (κ2) is 13.6. The van der Waals surface area contributed by atoms with Crippen LogP contribution < -0.4 is 20.0 Å². The Balaban J connectivity index is 1.34. The van der Waals surface area contributed by atoms with Gasteiger partial charge in [0, 0.05) is 43.2 Å². The number of methoxy groups -OCH3 is 1. The van der Waals surface area contributed by atoms with Crippen LogP contribution in [0, 0.1) is 13.8 Å². The average molecular weight is 676 g/mol. The SMILES string of the molecule is COc1ccc(C(=O)N2CCN(c3ccc(NC(=O)N(OS(C)(=O)=O)c4cc(C(C)(C)C)nn4-c4ccc(C)cc4)c(C)n3)CC2)cc1. The van der Waals surface area contributed by atoms with Crippen molar-refractivity contribution in [3.63, 3.8) is 0 Å². The quantitative estimate of drug-likeness (QED) is 0.253. The van der Waals surface area contributed by atoms with Gasteiger partial charge in [-0.25, -0.2) is 14.5 Å². The smallest absolute Gasteiger partial charge is 0.353 e. The molecule has 0 aliphatic carbocycles. The van der Waals surface area contributed by atoms with Gasteiger partial charge in [-0.2, -0.15) is 13.5 Å². The van der Waals surface area contributed by atoms with Crippen LogP contribution in [0.15, 0.2) is 66.7 Å².